The molecule has 9 nitrogen and oxygen atoms in total. The number of nitrogens with one attached hydrogen (secondary N) is 3. The molecule has 0 bridgehead atoms. The molecular weight excluding hydrogens is 440 g/mol. The van der Waals surface area contributed by atoms with Crippen LogP contribution in [0.15, 0.2) is 59.6 Å². The third-order valence-electron chi connectivity index (χ3n) is 5.12. The largest absolute Gasteiger partial charge is 0.367 e. The minimum absolute atomic E-state index is 0.104. The fourth-order valence-corrected chi connectivity index (χ4v) is 5.44. The van der Waals surface area contributed by atoms with Crippen molar-refractivity contribution in [3.63, 3.8) is 0 Å². The van der Waals surface area contributed by atoms with Crippen LogP contribution in [-0.4, -0.2) is 51.7 Å². The van der Waals surface area contributed by atoms with E-state index in [4.69, 9.17) is 0 Å². The summed E-state index contributed by atoms with van der Waals surface area (Å²) in [7, 11) is -7.22. The summed E-state index contributed by atoms with van der Waals surface area (Å²) in [4.78, 5) is 15.2. The van der Waals surface area contributed by atoms with Gasteiger partial charge >= 0.3 is 0 Å². The van der Waals surface area contributed by atoms with Gasteiger partial charge in [0.05, 0.1) is 11.3 Å². The van der Waals surface area contributed by atoms with E-state index in [2.05, 4.69) is 21.6 Å². The number of nitrogens with zero attached hydrogens (tertiary/aromatic N) is 1. The molecule has 0 radical (unpaired) electrons. The van der Waals surface area contributed by atoms with Crippen LogP contribution in [0.5, 0.6) is 0 Å². The molecule has 31 heavy (non-hydrogen) atoms. The second kappa shape index (κ2) is 9.77. The first-order chi connectivity index (χ1) is 14.7. The fraction of sp³-hybridized carbons (Fsp3) is 0.350. The second-order valence-corrected chi connectivity index (χ2v) is 11.0. The Kier molecular flexibility index (Phi) is 7.31. The first kappa shape index (κ1) is 23.2. The van der Waals surface area contributed by atoms with Gasteiger partial charge in [-0.05, 0) is 41.7 Å². The zero-order chi connectivity index (χ0) is 22.5. The Morgan fingerprint density at radius 2 is 1.90 bits per heavy atom. The van der Waals surface area contributed by atoms with Gasteiger partial charge in [-0.1, -0.05) is 18.7 Å². The average molecular weight is 467 g/mol. The van der Waals surface area contributed by atoms with Crippen molar-refractivity contribution in [3.05, 3.63) is 65.8 Å². The number of rotatable bonds is 10. The Hall–Kier alpha value is -2.47. The molecule has 168 valence electrons. The van der Waals surface area contributed by atoms with Gasteiger partial charge in [0.2, 0.25) is 26.0 Å². The lowest BCUT2D eigenvalue weighted by Crippen LogP contribution is -2.32. The predicted molar refractivity (Wildman–Crippen MR) is 117 cm³/mol. The quantitative estimate of drug-likeness (QED) is 0.480. The molecule has 1 aromatic heterocycles. The molecule has 2 heterocycles. The number of aromatic nitrogens is 1. The van der Waals surface area contributed by atoms with Crippen LogP contribution in [-0.2, 0) is 37.8 Å². The number of carbonyl (C=O) groups excluding carboxylic acids is 1. The van der Waals surface area contributed by atoms with Gasteiger partial charge < -0.3 is 10.3 Å². The molecule has 11 heteroatoms. The van der Waals surface area contributed by atoms with E-state index in [1.54, 1.807) is 24.5 Å². The van der Waals surface area contributed by atoms with Crippen LogP contribution >= 0.6 is 0 Å². The Labute approximate surface area is 182 Å². The van der Waals surface area contributed by atoms with E-state index in [1.807, 2.05) is 6.07 Å². The lowest BCUT2D eigenvalue weighted by atomic mass is 10.1. The van der Waals surface area contributed by atoms with Gasteiger partial charge in [0.15, 0.2) is 0 Å². The lowest BCUT2D eigenvalue weighted by molar-refractivity contribution is -0.120. The molecule has 1 aromatic carbocycles. The normalized spacial score (nSPS) is 17.5. The highest BCUT2D eigenvalue weighted by atomic mass is 32.2. The van der Waals surface area contributed by atoms with Crippen LogP contribution in [0.2, 0.25) is 0 Å². The summed E-state index contributed by atoms with van der Waals surface area (Å²) in [6.07, 6.45) is 4.30. The molecule has 1 fully saturated rings. The highest BCUT2D eigenvalue weighted by molar-refractivity contribution is 7.92. The summed E-state index contributed by atoms with van der Waals surface area (Å²) in [5.41, 5.74) is 1.68. The highest BCUT2D eigenvalue weighted by Crippen LogP contribution is 2.24. The number of sulfonamides is 2. The average Bonchev–Trinajstić information content (AvgIpc) is 3.44. The van der Waals surface area contributed by atoms with Gasteiger partial charge in [0, 0.05) is 44.0 Å². The van der Waals surface area contributed by atoms with Crippen LogP contribution in [0, 0.1) is 5.92 Å². The van der Waals surface area contributed by atoms with Crippen LogP contribution in [0.3, 0.4) is 0 Å². The summed E-state index contributed by atoms with van der Waals surface area (Å²) in [5, 5.41) is 3.65. The number of aromatic amines is 1. The molecule has 1 aliphatic heterocycles. The predicted octanol–water partition coefficient (Wildman–Crippen LogP) is 0.947. The Morgan fingerprint density at radius 1 is 1.16 bits per heavy atom. The molecule has 3 N–H and O–H groups in total. The molecule has 1 unspecified atom stereocenters. The first-order valence-electron chi connectivity index (χ1n) is 9.79. The maximum atomic E-state index is 12.9. The standard InChI is InChI=1S/C20H26N4O5S2/c1-2-30(26,27)23-14-18-8-10-24(15-18)31(28,29)19-5-3-16(4-6-19)11-20(25)22-13-17-7-9-21-12-17/h2-7,9,12,18,21,23H,1,8,10-11,13-15H2,(H,22,25). The summed E-state index contributed by atoms with van der Waals surface area (Å²) in [5.74, 6) is -0.256. The maximum Gasteiger partial charge on any atom is 0.243 e. The second-order valence-electron chi connectivity index (χ2n) is 7.39. The van der Waals surface area contributed by atoms with Crippen LogP contribution in [0.1, 0.15) is 17.5 Å². The number of carbonyl (C=O) groups is 1. The fourth-order valence-electron chi connectivity index (χ4n) is 3.32. The Morgan fingerprint density at radius 3 is 2.55 bits per heavy atom. The third kappa shape index (κ3) is 6.26. The number of hydrogen-bond acceptors (Lipinski definition) is 5. The molecule has 1 aliphatic rings. The van der Waals surface area contributed by atoms with Gasteiger partial charge in [-0.3, -0.25) is 4.79 Å². The van der Waals surface area contributed by atoms with E-state index in [-0.39, 0.29) is 36.2 Å². The van der Waals surface area contributed by atoms with Crippen molar-refractivity contribution in [2.75, 3.05) is 19.6 Å². The van der Waals surface area contributed by atoms with Gasteiger partial charge in [-0.25, -0.2) is 21.6 Å². The van der Waals surface area contributed by atoms with Crippen molar-refractivity contribution >= 4 is 26.0 Å². The zero-order valence-electron chi connectivity index (χ0n) is 17.0. The molecule has 2 aromatic rings. The van der Waals surface area contributed by atoms with E-state index < -0.39 is 20.0 Å². The molecule has 0 spiro atoms. The number of H-pyrrole nitrogens is 1. The van der Waals surface area contributed by atoms with Crippen LogP contribution in [0.4, 0.5) is 0 Å². The lowest BCUT2D eigenvalue weighted by Gasteiger charge is -2.17. The summed E-state index contributed by atoms with van der Waals surface area (Å²) < 4.78 is 52.5. The van der Waals surface area contributed by atoms with E-state index in [0.29, 0.717) is 25.1 Å². The third-order valence-corrected chi connectivity index (χ3v) is 8.01. The topological polar surface area (TPSA) is 128 Å². The van der Waals surface area contributed by atoms with Gasteiger partial charge in [0.25, 0.3) is 0 Å². The van der Waals surface area contributed by atoms with Gasteiger partial charge in [0.1, 0.15) is 0 Å². The zero-order valence-corrected chi connectivity index (χ0v) is 18.6. The Bertz CT molecular complexity index is 1110. The molecule has 1 atom stereocenters. The van der Waals surface area contributed by atoms with Crippen LogP contribution in [0.25, 0.3) is 0 Å². The van der Waals surface area contributed by atoms with Crippen molar-refractivity contribution in [3.8, 4) is 0 Å². The van der Waals surface area contributed by atoms with E-state index >= 15 is 0 Å². The van der Waals surface area contributed by atoms with Crippen molar-refractivity contribution < 1.29 is 21.6 Å². The molecule has 3 rings (SSSR count). The minimum atomic E-state index is -3.68. The minimum Gasteiger partial charge on any atom is -0.367 e. The van der Waals surface area contributed by atoms with E-state index in [0.717, 1.165) is 11.0 Å². The number of benzene rings is 1. The first-order valence-corrected chi connectivity index (χ1v) is 12.8. The highest BCUT2D eigenvalue weighted by Gasteiger charge is 2.32. The SMILES string of the molecule is C=CS(=O)(=O)NCC1CCN(S(=O)(=O)c2ccc(CC(=O)NCc3cc[nH]c3)cc2)C1. The number of amides is 1. The van der Waals surface area contributed by atoms with Crippen molar-refractivity contribution in [1.29, 1.82) is 0 Å². The molecule has 0 saturated carbocycles. The summed E-state index contributed by atoms with van der Waals surface area (Å²) in [6.45, 7) is 4.39. The van der Waals surface area contributed by atoms with E-state index in [9.17, 15) is 21.6 Å². The molecule has 0 aliphatic carbocycles. The smallest absolute Gasteiger partial charge is 0.243 e. The van der Waals surface area contributed by atoms with Gasteiger partial charge in [-0.2, -0.15) is 4.31 Å². The van der Waals surface area contributed by atoms with E-state index in [1.165, 1.54) is 16.4 Å². The van der Waals surface area contributed by atoms with Gasteiger partial charge in [-0.15, -0.1) is 0 Å². The molecule has 1 saturated heterocycles. The number of hydrogen-bond donors (Lipinski definition) is 3. The van der Waals surface area contributed by atoms with Crippen molar-refractivity contribution in [1.82, 2.24) is 19.3 Å². The molecule has 1 amide bonds. The molecular formula is C20H26N4O5S2. The monoisotopic (exact) mass is 466 g/mol. The van der Waals surface area contributed by atoms with Crippen LogP contribution < -0.4 is 10.0 Å². The Balaban J connectivity index is 1.54. The summed E-state index contributed by atoms with van der Waals surface area (Å²) >= 11 is 0. The maximum absolute atomic E-state index is 12.9. The van der Waals surface area contributed by atoms with Crippen molar-refractivity contribution in [2.24, 2.45) is 5.92 Å². The summed E-state index contributed by atoms with van der Waals surface area (Å²) in [6, 6.07) is 8.13. The van der Waals surface area contributed by atoms with Crippen molar-refractivity contribution in [2.45, 2.75) is 24.3 Å².